The maximum atomic E-state index is 12.4. The number of piperidine rings is 1. The molecule has 1 aliphatic heterocycles. The van der Waals surface area contributed by atoms with Crippen LogP contribution in [-0.2, 0) is 0 Å². The van der Waals surface area contributed by atoms with E-state index in [4.69, 9.17) is 4.74 Å². The van der Waals surface area contributed by atoms with E-state index < -0.39 is 0 Å². The van der Waals surface area contributed by atoms with Gasteiger partial charge in [0.05, 0.1) is 24.5 Å². The van der Waals surface area contributed by atoms with Crippen molar-refractivity contribution in [3.8, 4) is 5.75 Å². The molecular formula is C16H21BrClN5O2. The molecule has 0 aliphatic carbocycles. The van der Waals surface area contributed by atoms with Crippen molar-refractivity contribution in [2.24, 2.45) is 0 Å². The van der Waals surface area contributed by atoms with E-state index in [1.165, 1.54) is 0 Å². The average molecular weight is 431 g/mol. The van der Waals surface area contributed by atoms with Crippen LogP contribution in [0.5, 0.6) is 5.75 Å². The van der Waals surface area contributed by atoms with Crippen LogP contribution in [0, 0.1) is 0 Å². The Labute approximate surface area is 161 Å². The third-order valence-corrected chi connectivity index (χ3v) is 4.41. The zero-order valence-electron chi connectivity index (χ0n) is 13.9. The fraction of sp³-hybridized carbons (Fsp3) is 0.438. The van der Waals surface area contributed by atoms with Gasteiger partial charge in [-0.25, -0.2) is 4.68 Å². The van der Waals surface area contributed by atoms with Gasteiger partial charge in [0.15, 0.2) is 5.69 Å². The smallest absolute Gasteiger partial charge is 0.277 e. The molecule has 0 radical (unpaired) electrons. The van der Waals surface area contributed by atoms with Gasteiger partial charge in [-0.1, -0.05) is 21.1 Å². The number of benzene rings is 1. The zero-order chi connectivity index (χ0) is 16.9. The summed E-state index contributed by atoms with van der Waals surface area (Å²) in [5.74, 6) is 0.324. The minimum atomic E-state index is -0.293. The highest BCUT2D eigenvalue weighted by atomic mass is 79.9. The third-order valence-electron chi connectivity index (χ3n) is 3.92. The first-order chi connectivity index (χ1) is 11.7. The second kappa shape index (κ2) is 9.17. The molecule has 1 saturated heterocycles. The van der Waals surface area contributed by atoms with Crippen LogP contribution < -0.4 is 15.4 Å². The molecule has 0 unspecified atom stereocenters. The Bertz CT molecular complexity index is 718. The second-order valence-corrected chi connectivity index (χ2v) is 6.51. The van der Waals surface area contributed by atoms with E-state index in [0.29, 0.717) is 29.8 Å². The van der Waals surface area contributed by atoms with E-state index in [-0.39, 0.29) is 18.3 Å². The van der Waals surface area contributed by atoms with Crippen molar-refractivity contribution < 1.29 is 9.53 Å². The van der Waals surface area contributed by atoms with E-state index in [1.807, 2.05) is 19.1 Å². The van der Waals surface area contributed by atoms with Crippen LogP contribution in [-0.4, -0.2) is 40.6 Å². The van der Waals surface area contributed by atoms with Crippen molar-refractivity contribution in [2.45, 2.75) is 25.8 Å². The van der Waals surface area contributed by atoms with Crippen LogP contribution in [0.1, 0.15) is 36.3 Å². The molecule has 1 aromatic carbocycles. The topological polar surface area (TPSA) is 81.1 Å². The predicted molar refractivity (Wildman–Crippen MR) is 102 cm³/mol. The highest BCUT2D eigenvalue weighted by Crippen LogP contribution is 2.28. The maximum absolute atomic E-state index is 12.4. The summed E-state index contributed by atoms with van der Waals surface area (Å²) >= 11 is 3.40. The lowest BCUT2D eigenvalue weighted by molar-refractivity contribution is 0.102. The molecule has 1 amide bonds. The number of carbonyl (C=O) groups excluding carboxylic acids is 1. The Kier molecular flexibility index (Phi) is 7.22. The number of nitrogens with one attached hydrogen (secondary N) is 2. The van der Waals surface area contributed by atoms with E-state index in [2.05, 4.69) is 36.9 Å². The lowest BCUT2D eigenvalue weighted by Gasteiger charge is -2.22. The minimum absolute atomic E-state index is 0. The summed E-state index contributed by atoms with van der Waals surface area (Å²) < 4.78 is 8.24. The molecule has 0 spiro atoms. The summed E-state index contributed by atoms with van der Waals surface area (Å²) in [7, 11) is 0. The van der Waals surface area contributed by atoms with Crippen LogP contribution in [0.25, 0.3) is 0 Å². The van der Waals surface area contributed by atoms with Crippen LogP contribution >= 0.6 is 28.3 Å². The van der Waals surface area contributed by atoms with Crippen molar-refractivity contribution in [1.82, 2.24) is 20.3 Å². The molecule has 1 aliphatic rings. The van der Waals surface area contributed by atoms with Gasteiger partial charge in [-0.05, 0) is 51.1 Å². The average Bonchev–Trinajstić information content (AvgIpc) is 3.08. The molecule has 25 heavy (non-hydrogen) atoms. The number of aromatic nitrogens is 3. The number of anilines is 1. The molecule has 2 heterocycles. The van der Waals surface area contributed by atoms with E-state index >= 15 is 0 Å². The summed E-state index contributed by atoms with van der Waals surface area (Å²) in [5, 5.41) is 14.3. The van der Waals surface area contributed by atoms with Gasteiger partial charge in [-0.2, -0.15) is 0 Å². The van der Waals surface area contributed by atoms with E-state index in [1.54, 1.807) is 16.9 Å². The number of carbonyl (C=O) groups is 1. The number of halogens is 2. The molecule has 9 heteroatoms. The molecule has 3 rings (SSSR count). The molecule has 0 saturated carbocycles. The SMILES string of the molecule is CCOc1cc(Br)ccc1NC(=O)c1cn(C2CCNCC2)nn1.Cl. The highest BCUT2D eigenvalue weighted by Gasteiger charge is 2.19. The summed E-state index contributed by atoms with van der Waals surface area (Å²) in [5.41, 5.74) is 0.917. The van der Waals surface area contributed by atoms with Gasteiger partial charge in [-0.15, -0.1) is 17.5 Å². The third kappa shape index (κ3) is 4.93. The predicted octanol–water partition coefficient (Wildman–Crippen LogP) is 3.04. The Morgan fingerprint density at radius 1 is 1.44 bits per heavy atom. The summed E-state index contributed by atoms with van der Waals surface area (Å²) in [6.07, 6.45) is 3.70. The van der Waals surface area contributed by atoms with Gasteiger partial charge >= 0.3 is 0 Å². The van der Waals surface area contributed by atoms with Crippen molar-refractivity contribution in [3.05, 3.63) is 34.6 Å². The van der Waals surface area contributed by atoms with Crippen molar-refractivity contribution in [3.63, 3.8) is 0 Å². The molecule has 136 valence electrons. The summed E-state index contributed by atoms with van der Waals surface area (Å²) in [6.45, 7) is 4.34. The van der Waals surface area contributed by atoms with Gasteiger partial charge in [0, 0.05) is 4.47 Å². The summed E-state index contributed by atoms with van der Waals surface area (Å²) in [6, 6.07) is 5.77. The quantitative estimate of drug-likeness (QED) is 0.762. The largest absolute Gasteiger partial charge is 0.492 e. The lowest BCUT2D eigenvalue weighted by Crippen LogP contribution is -2.29. The molecule has 2 N–H and O–H groups in total. The van der Waals surface area contributed by atoms with Gasteiger partial charge in [0.2, 0.25) is 0 Å². The van der Waals surface area contributed by atoms with Crippen molar-refractivity contribution >= 4 is 39.9 Å². The first-order valence-corrected chi connectivity index (χ1v) is 8.83. The molecule has 0 bridgehead atoms. The molecule has 7 nitrogen and oxygen atoms in total. The summed E-state index contributed by atoms with van der Waals surface area (Å²) in [4.78, 5) is 12.4. The first-order valence-electron chi connectivity index (χ1n) is 8.03. The van der Waals surface area contributed by atoms with Gasteiger partial charge in [0.25, 0.3) is 5.91 Å². The first kappa shape index (κ1) is 19.7. The normalized spacial score (nSPS) is 14.6. The van der Waals surface area contributed by atoms with Gasteiger partial charge in [-0.3, -0.25) is 4.79 Å². The maximum Gasteiger partial charge on any atom is 0.277 e. The number of hydrogen-bond acceptors (Lipinski definition) is 5. The van der Waals surface area contributed by atoms with Crippen LogP contribution in [0.3, 0.4) is 0 Å². The van der Waals surface area contributed by atoms with Crippen LogP contribution in [0.4, 0.5) is 5.69 Å². The fourth-order valence-corrected chi connectivity index (χ4v) is 3.03. The van der Waals surface area contributed by atoms with Crippen molar-refractivity contribution in [1.29, 1.82) is 0 Å². The zero-order valence-corrected chi connectivity index (χ0v) is 16.3. The second-order valence-electron chi connectivity index (χ2n) is 5.59. The van der Waals surface area contributed by atoms with E-state index in [0.717, 1.165) is 30.4 Å². The van der Waals surface area contributed by atoms with E-state index in [9.17, 15) is 4.79 Å². The van der Waals surface area contributed by atoms with Crippen LogP contribution in [0.2, 0.25) is 0 Å². The number of hydrogen-bond donors (Lipinski definition) is 2. The number of amides is 1. The Morgan fingerprint density at radius 3 is 2.92 bits per heavy atom. The Morgan fingerprint density at radius 2 is 2.20 bits per heavy atom. The van der Waals surface area contributed by atoms with Crippen LogP contribution in [0.15, 0.2) is 28.9 Å². The highest BCUT2D eigenvalue weighted by molar-refractivity contribution is 9.10. The van der Waals surface area contributed by atoms with Gasteiger partial charge in [0.1, 0.15) is 5.75 Å². The monoisotopic (exact) mass is 429 g/mol. The Balaban J connectivity index is 0.00000225. The number of rotatable bonds is 5. The molecule has 0 atom stereocenters. The molecular weight excluding hydrogens is 410 g/mol. The fourth-order valence-electron chi connectivity index (χ4n) is 2.69. The number of ether oxygens (including phenoxy) is 1. The molecule has 2 aromatic rings. The standard InChI is InChI=1S/C16H20BrN5O2.ClH/c1-2-24-15-9-11(17)3-4-13(15)19-16(23)14-10-22(21-20-14)12-5-7-18-8-6-12;/h3-4,9-10,12,18H,2,5-8H2,1H3,(H,19,23);1H. The molecule has 1 aromatic heterocycles. The lowest BCUT2D eigenvalue weighted by atomic mass is 10.1. The van der Waals surface area contributed by atoms with Crippen molar-refractivity contribution in [2.75, 3.05) is 25.0 Å². The van der Waals surface area contributed by atoms with Gasteiger partial charge < -0.3 is 15.4 Å². The number of nitrogens with zero attached hydrogens (tertiary/aromatic N) is 3. The minimum Gasteiger partial charge on any atom is -0.492 e. The Hall–Kier alpha value is -1.64. The molecule has 1 fully saturated rings.